The molecule has 10 aromatic carbocycles. The fraction of sp³-hybridized carbons (Fsp3) is 0.173. The van der Waals surface area contributed by atoms with Gasteiger partial charge >= 0.3 is 6.18 Å². The Morgan fingerprint density at radius 2 is 0.671 bits per heavy atom. The van der Waals surface area contributed by atoms with Crippen LogP contribution >= 0.6 is 0 Å². The average molecular weight is 1080 g/mol. The SMILES string of the molecule is [C-]#[N+]c1cccc(C(F)(F)F)c1-c1cc(-n2c3cc(-c4c(C)cc(C)cc4C)ccc3c3ccc(-c4c(C)cc(C)cc4C)cc32)c(C#N)c(-n2c3cc(-c4c(C)cc(C)cc4C)ccc3c3ccc(-c4c(C)cc(C)cc4C)cc32)c1. The number of aromatic nitrogens is 2. The number of rotatable bonds is 7. The summed E-state index contributed by atoms with van der Waals surface area (Å²) in [6.45, 7) is 33.8. The Hall–Kier alpha value is -9.43. The van der Waals surface area contributed by atoms with E-state index in [2.05, 4.69) is 224 Å². The topological polar surface area (TPSA) is 38.0 Å². The maximum absolute atomic E-state index is 15.8. The Labute approximate surface area is 477 Å². The summed E-state index contributed by atoms with van der Waals surface area (Å²) in [6, 6.07) is 53.2. The van der Waals surface area contributed by atoms with Gasteiger partial charge in [0.25, 0.3) is 0 Å². The zero-order chi connectivity index (χ0) is 58.0. The van der Waals surface area contributed by atoms with Crippen molar-refractivity contribution in [3.8, 4) is 73.1 Å². The van der Waals surface area contributed by atoms with Crippen LogP contribution in [0.25, 0.3) is 115 Å². The molecular formula is C75H61F3N4. The maximum atomic E-state index is 15.8. The molecule has 0 fully saturated rings. The van der Waals surface area contributed by atoms with Crippen molar-refractivity contribution in [1.82, 2.24) is 9.13 Å². The molecule has 0 bridgehead atoms. The van der Waals surface area contributed by atoms with Crippen LogP contribution in [0.3, 0.4) is 0 Å². The van der Waals surface area contributed by atoms with E-state index in [0.29, 0.717) is 11.4 Å². The van der Waals surface area contributed by atoms with Crippen molar-refractivity contribution in [3.05, 3.63) is 241 Å². The second-order valence-electron chi connectivity index (χ2n) is 23.0. The fourth-order valence-corrected chi connectivity index (χ4v) is 14.1. The van der Waals surface area contributed by atoms with E-state index in [9.17, 15) is 5.26 Å². The van der Waals surface area contributed by atoms with Crippen LogP contribution in [-0.4, -0.2) is 9.13 Å². The van der Waals surface area contributed by atoms with E-state index in [1.807, 2.05) is 0 Å². The Kier molecular flexibility index (Phi) is 12.8. The number of nitriles is 1. The van der Waals surface area contributed by atoms with Gasteiger partial charge in [-0.05, 0) is 220 Å². The van der Waals surface area contributed by atoms with Gasteiger partial charge in [0, 0.05) is 21.5 Å². The Morgan fingerprint density at radius 3 is 0.927 bits per heavy atom. The van der Waals surface area contributed by atoms with Gasteiger partial charge in [0.1, 0.15) is 11.6 Å². The first-order chi connectivity index (χ1) is 39.1. The van der Waals surface area contributed by atoms with Crippen LogP contribution < -0.4 is 0 Å². The third kappa shape index (κ3) is 8.66. The minimum atomic E-state index is -4.83. The molecule has 12 aromatic rings. The molecule has 0 aliphatic rings. The molecule has 0 saturated heterocycles. The van der Waals surface area contributed by atoms with Crippen LogP contribution in [0.4, 0.5) is 18.9 Å². The van der Waals surface area contributed by atoms with Crippen LogP contribution in [0.15, 0.2) is 152 Å². The molecule has 0 unspecified atom stereocenters. The number of hydrogen-bond acceptors (Lipinski definition) is 1. The summed E-state index contributed by atoms with van der Waals surface area (Å²) in [4.78, 5) is 3.79. The summed E-state index contributed by atoms with van der Waals surface area (Å²) in [7, 11) is 0. The third-order valence-electron chi connectivity index (χ3n) is 16.8. The van der Waals surface area contributed by atoms with Gasteiger partial charge in [0.05, 0.1) is 45.6 Å². The maximum Gasteiger partial charge on any atom is 0.415 e. The van der Waals surface area contributed by atoms with E-state index in [-0.39, 0.29) is 22.4 Å². The Bertz CT molecular complexity index is 4250. The normalized spacial score (nSPS) is 11.8. The predicted octanol–water partition coefficient (Wildman–Crippen LogP) is 21.4. The fourth-order valence-electron chi connectivity index (χ4n) is 14.1. The lowest BCUT2D eigenvalue weighted by Gasteiger charge is -2.21. The Morgan fingerprint density at radius 1 is 0.378 bits per heavy atom. The molecule has 7 heteroatoms. The van der Waals surface area contributed by atoms with Crippen molar-refractivity contribution in [2.24, 2.45) is 0 Å². The molecule has 0 radical (unpaired) electrons. The van der Waals surface area contributed by atoms with Gasteiger partial charge in [-0.25, -0.2) is 4.85 Å². The van der Waals surface area contributed by atoms with Gasteiger partial charge in [-0.3, -0.25) is 0 Å². The van der Waals surface area contributed by atoms with Crippen LogP contribution in [0.1, 0.15) is 77.9 Å². The molecular weight excluding hydrogens is 1010 g/mol. The van der Waals surface area contributed by atoms with Crippen molar-refractivity contribution in [2.75, 3.05) is 0 Å². The number of alkyl halides is 3. The van der Waals surface area contributed by atoms with E-state index in [4.69, 9.17) is 6.57 Å². The molecule has 0 spiro atoms. The first-order valence-electron chi connectivity index (χ1n) is 27.8. The number of fused-ring (bicyclic) bond motifs is 6. The van der Waals surface area contributed by atoms with Crippen molar-refractivity contribution in [2.45, 2.75) is 89.3 Å². The third-order valence-corrected chi connectivity index (χ3v) is 16.8. The Balaban J connectivity index is 1.30. The molecule has 0 aliphatic heterocycles. The number of aryl methyl sites for hydroxylation is 12. The summed E-state index contributed by atoms with van der Waals surface area (Å²) < 4.78 is 51.6. The minimum Gasteiger partial charge on any atom is -0.308 e. The molecule has 12 rings (SSSR count). The molecule has 2 aromatic heterocycles. The van der Waals surface area contributed by atoms with Crippen molar-refractivity contribution < 1.29 is 13.2 Å². The molecule has 2 heterocycles. The number of benzene rings is 10. The van der Waals surface area contributed by atoms with Crippen LogP contribution in [0.2, 0.25) is 0 Å². The second-order valence-corrected chi connectivity index (χ2v) is 23.0. The highest BCUT2D eigenvalue weighted by Gasteiger charge is 2.36. The molecule has 0 atom stereocenters. The van der Waals surface area contributed by atoms with Crippen molar-refractivity contribution >= 4 is 49.3 Å². The van der Waals surface area contributed by atoms with E-state index in [1.54, 1.807) is 12.1 Å². The van der Waals surface area contributed by atoms with E-state index in [1.165, 1.54) is 12.1 Å². The average Bonchev–Trinajstić information content (AvgIpc) is 4.15. The lowest BCUT2D eigenvalue weighted by Crippen LogP contribution is -2.09. The zero-order valence-corrected chi connectivity index (χ0v) is 48.4. The lowest BCUT2D eigenvalue weighted by atomic mass is 9.92. The summed E-state index contributed by atoms with van der Waals surface area (Å²) in [5, 5.41) is 15.9. The van der Waals surface area contributed by atoms with Gasteiger partial charge in [-0.1, -0.05) is 138 Å². The molecule has 402 valence electrons. The second kappa shape index (κ2) is 19.7. The highest BCUT2D eigenvalue weighted by Crippen LogP contribution is 2.48. The van der Waals surface area contributed by atoms with Crippen molar-refractivity contribution in [1.29, 1.82) is 5.26 Å². The van der Waals surface area contributed by atoms with Crippen LogP contribution in [0, 0.1) is 101 Å². The van der Waals surface area contributed by atoms with E-state index >= 15 is 13.2 Å². The molecule has 0 N–H and O–H groups in total. The summed E-state index contributed by atoms with van der Waals surface area (Å²) in [5.74, 6) is 0. The number of hydrogen-bond donors (Lipinski definition) is 0. The monoisotopic (exact) mass is 1070 g/mol. The smallest absolute Gasteiger partial charge is 0.308 e. The number of halogens is 3. The van der Waals surface area contributed by atoms with Gasteiger partial charge in [0.2, 0.25) is 0 Å². The largest absolute Gasteiger partial charge is 0.415 e. The van der Waals surface area contributed by atoms with Gasteiger partial charge in [-0.15, -0.1) is 0 Å². The zero-order valence-electron chi connectivity index (χ0n) is 48.4. The predicted molar refractivity (Wildman–Crippen MR) is 335 cm³/mol. The van der Waals surface area contributed by atoms with Gasteiger partial charge in [0.15, 0.2) is 5.69 Å². The highest BCUT2D eigenvalue weighted by atomic mass is 19.4. The molecule has 82 heavy (non-hydrogen) atoms. The molecule has 0 amide bonds. The molecule has 4 nitrogen and oxygen atoms in total. The minimum absolute atomic E-state index is 0.151. The van der Waals surface area contributed by atoms with E-state index in [0.717, 1.165) is 161 Å². The summed E-state index contributed by atoms with van der Waals surface area (Å²) in [5.41, 5.74) is 24.6. The van der Waals surface area contributed by atoms with Crippen molar-refractivity contribution in [3.63, 3.8) is 0 Å². The molecule has 0 aliphatic carbocycles. The van der Waals surface area contributed by atoms with Crippen LogP contribution in [-0.2, 0) is 6.18 Å². The summed E-state index contributed by atoms with van der Waals surface area (Å²) >= 11 is 0. The number of nitrogens with zero attached hydrogens (tertiary/aromatic N) is 4. The van der Waals surface area contributed by atoms with Crippen LogP contribution in [0.5, 0.6) is 0 Å². The quantitative estimate of drug-likeness (QED) is 0.147. The first-order valence-corrected chi connectivity index (χ1v) is 27.8. The first kappa shape index (κ1) is 53.2. The van der Waals surface area contributed by atoms with Gasteiger partial charge in [-0.2, -0.15) is 18.4 Å². The summed E-state index contributed by atoms with van der Waals surface area (Å²) in [6.07, 6.45) is -4.83. The van der Waals surface area contributed by atoms with Gasteiger partial charge < -0.3 is 9.13 Å². The lowest BCUT2D eigenvalue weighted by molar-refractivity contribution is -0.137. The van der Waals surface area contributed by atoms with E-state index < -0.39 is 11.7 Å². The highest BCUT2D eigenvalue weighted by molar-refractivity contribution is 6.14. The molecule has 0 saturated carbocycles. The standard InChI is InChI=1S/C75H61F3N4/c1-40-25-44(5)70(45(6)26-40)52-17-21-57-58-22-18-53(71-46(7)27-41(2)28-47(71)8)34-65(58)81(64(57)33-52)68-37-56(74-62(75(76,77)78)15-14-16-63(74)80-13)38-69(61(68)39-79)82-66-35-54(72-48(9)29-42(3)30-49(72)10)19-23-59(66)60-24-20-55(36-67(60)82)73-50(11)31-43(4)32-51(73)12/h14-38H,1-12H3.